The lowest BCUT2D eigenvalue weighted by Gasteiger charge is -2.42. The number of aliphatic carboxylic acids is 1. The van der Waals surface area contributed by atoms with E-state index in [0.29, 0.717) is 26.3 Å². The fraction of sp³-hybridized carbons (Fsp3) is 0.526. The molecule has 0 bridgehead atoms. The number of imidazole rings is 1. The Morgan fingerprint density at radius 1 is 1.38 bits per heavy atom. The highest BCUT2D eigenvalue weighted by atomic mass is 32.1. The number of carboxylic acid groups (broad SMARTS) is 1. The first-order valence-corrected chi connectivity index (χ1v) is 10.6. The van der Waals surface area contributed by atoms with Gasteiger partial charge >= 0.3 is 12.1 Å². The van der Waals surface area contributed by atoms with E-state index >= 15 is 0 Å². The van der Waals surface area contributed by atoms with Crippen LogP contribution in [0.4, 0.5) is 18.9 Å². The number of aryl methyl sites for hydroxylation is 1. The van der Waals surface area contributed by atoms with E-state index in [1.54, 1.807) is 11.3 Å². The fourth-order valence-electron chi connectivity index (χ4n) is 3.41. The van der Waals surface area contributed by atoms with Gasteiger partial charge in [0.15, 0.2) is 0 Å². The maximum Gasteiger partial charge on any atom is 0.490 e. The Balaban J connectivity index is 0.000000360. The van der Waals surface area contributed by atoms with Crippen LogP contribution in [0.1, 0.15) is 5.82 Å². The minimum Gasteiger partial charge on any atom is -0.475 e. The smallest absolute Gasteiger partial charge is 0.475 e. The molecule has 1 amide bonds. The first kappa shape index (κ1) is 24.2. The highest BCUT2D eigenvalue weighted by Crippen LogP contribution is 2.28. The van der Waals surface area contributed by atoms with Crippen molar-refractivity contribution < 1.29 is 37.3 Å². The van der Waals surface area contributed by atoms with Crippen molar-refractivity contribution in [2.75, 3.05) is 44.4 Å². The van der Waals surface area contributed by atoms with Gasteiger partial charge in [-0.15, -0.1) is 0 Å². The second-order valence-corrected chi connectivity index (χ2v) is 8.23. The van der Waals surface area contributed by atoms with Crippen molar-refractivity contribution in [3.8, 4) is 0 Å². The Hall–Kier alpha value is -2.48. The highest BCUT2D eigenvalue weighted by Gasteiger charge is 2.43. The van der Waals surface area contributed by atoms with Gasteiger partial charge < -0.3 is 24.0 Å². The zero-order valence-electron chi connectivity index (χ0n) is 17.2. The third-order valence-corrected chi connectivity index (χ3v) is 5.70. The highest BCUT2D eigenvalue weighted by molar-refractivity contribution is 7.08. The van der Waals surface area contributed by atoms with Crippen LogP contribution in [0.5, 0.6) is 0 Å². The standard InChI is InChI=1S/C17H22N4O3S.C2HF3O2/c1-19-4-3-18-15(19)8-20-5-6-23-13-17(11-20)12-21(16(22)9-24-17)14-2-7-25-10-14;3-2(4,5)1(6)7/h2-4,7,10H,5-6,8-9,11-13H2,1H3;(H,6,7). The summed E-state index contributed by atoms with van der Waals surface area (Å²) in [5.41, 5.74) is 0.440. The third kappa shape index (κ3) is 6.06. The molecule has 1 spiro atoms. The van der Waals surface area contributed by atoms with E-state index in [4.69, 9.17) is 19.4 Å². The molecule has 2 aliphatic rings. The number of carbonyl (C=O) groups is 2. The Labute approximate surface area is 186 Å². The molecule has 0 aromatic carbocycles. The first-order chi connectivity index (χ1) is 15.1. The summed E-state index contributed by atoms with van der Waals surface area (Å²) in [4.78, 5) is 29.8. The van der Waals surface area contributed by atoms with E-state index in [-0.39, 0.29) is 12.5 Å². The Morgan fingerprint density at radius 2 is 2.12 bits per heavy atom. The first-order valence-electron chi connectivity index (χ1n) is 9.63. The van der Waals surface area contributed by atoms with Gasteiger partial charge in [0.05, 0.1) is 32.0 Å². The zero-order chi connectivity index (χ0) is 23.4. The van der Waals surface area contributed by atoms with Gasteiger partial charge in [-0.2, -0.15) is 24.5 Å². The van der Waals surface area contributed by atoms with Gasteiger partial charge in [0.1, 0.15) is 18.0 Å². The molecule has 13 heteroatoms. The van der Waals surface area contributed by atoms with Crippen molar-refractivity contribution in [2.45, 2.75) is 18.3 Å². The van der Waals surface area contributed by atoms with Crippen molar-refractivity contribution in [3.05, 3.63) is 35.0 Å². The Kier molecular flexibility index (Phi) is 7.54. The van der Waals surface area contributed by atoms with Gasteiger partial charge in [-0.05, 0) is 11.4 Å². The zero-order valence-corrected chi connectivity index (χ0v) is 18.1. The van der Waals surface area contributed by atoms with E-state index in [1.165, 1.54) is 0 Å². The van der Waals surface area contributed by atoms with Crippen LogP contribution in [0.25, 0.3) is 0 Å². The van der Waals surface area contributed by atoms with Crippen molar-refractivity contribution in [1.82, 2.24) is 14.5 Å². The lowest BCUT2D eigenvalue weighted by atomic mass is 10.0. The van der Waals surface area contributed by atoms with Crippen molar-refractivity contribution in [1.29, 1.82) is 0 Å². The van der Waals surface area contributed by atoms with Crippen LogP contribution in [0.3, 0.4) is 0 Å². The number of halogens is 3. The molecule has 1 atom stereocenters. The average molecular weight is 476 g/mol. The molecule has 0 saturated carbocycles. The van der Waals surface area contributed by atoms with Gasteiger partial charge in [-0.1, -0.05) is 0 Å². The number of aromatic nitrogens is 2. The molecule has 1 N–H and O–H groups in total. The number of thiophene rings is 1. The molecule has 176 valence electrons. The van der Waals surface area contributed by atoms with Crippen LogP contribution in [0.2, 0.25) is 0 Å². The molecular formula is C19H23F3N4O5S. The van der Waals surface area contributed by atoms with Crippen LogP contribution < -0.4 is 4.90 Å². The van der Waals surface area contributed by atoms with Crippen LogP contribution >= 0.6 is 11.3 Å². The number of morpholine rings is 1. The molecule has 0 radical (unpaired) electrons. The van der Waals surface area contributed by atoms with Crippen LogP contribution in [-0.2, 0) is 32.7 Å². The van der Waals surface area contributed by atoms with Gasteiger partial charge in [-0.3, -0.25) is 9.69 Å². The Bertz CT molecular complexity index is 920. The average Bonchev–Trinajstić information content (AvgIpc) is 3.35. The van der Waals surface area contributed by atoms with Crippen LogP contribution in [0.15, 0.2) is 29.2 Å². The summed E-state index contributed by atoms with van der Waals surface area (Å²) in [7, 11) is 2.00. The molecular weight excluding hydrogens is 453 g/mol. The maximum atomic E-state index is 12.3. The molecule has 9 nitrogen and oxygen atoms in total. The second kappa shape index (κ2) is 9.98. The van der Waals surface area contributed by atoms with Crippen molar-refractivity contribution in [3.63, 3.8) is 0 Å². The third-order valence-electron chi connectivity index (χ3n) is 5.02. The number of carbonyl (C=O) groups excluding carboxylic acids is 1. The summed E-state index contributed by atoms with van der Waals surface area (Å²) in [5, 5.41) is 11.1. The largest absolute Gasteiger partial charge is 0.490 e. The van der Waals surface area contributed by atoms with E-state index in [1.807, 2.05) is 45.7 Å². The number of hydrogen-bond donors (Lipinski definition) is 1. The van der Waals surface area contributed by atoms with E-state index in [9.17, 15) is 18.0 Å². The van der Waals surface area contributed by atoms with E-state index < -0.39 is 17.7 Å². The molecule has 2 saturated heterocycles. The number of carboxylic acids is 1. The molecule has 0 aliphatic carbocycles. The number of anilines is 1. The molecule has 4 rings (SSSR count). The summed E-state index contributed by atoms with van der Waals surface area (Å²) in [6, 6.07) is 1.98. The van der Waals surface area contributed by atoms with Gasteiger partial charge in [-0.25, -0.2) is 9.78 Å². The topological polar surface area (TPSA) is 97.1 Å². The molecule has 2 aromatic rings. The molecule has 2 fully saturated rings. The number of rotatable bonds is 3. The number of ether oxygens (including phenoxy) is 2. The number of alkyl halides is 3. The minimum atomic E-state index is -5.08. The predicted octanol–water partition coefficient (Wildman–Crippen LogP) is 1.75. The normalized spacial score (nSPS) is 22.4. The molecule has 2 aromatic heterocycles. The quantitative estimate of drug-likeness (QED) is 0.721. The SMILES string of the molecule is Cn1ccnc1CN1CCOCC2(C1)CN(c1ccsc1)C(=O)CO2.O=C(O)C(F)(F)F. The summed E-state index contributed by atoms with van der Waals surface area (Å²) in [6.07, 6.45) is -1.32. The monoisotopic (exact) mass is 476 g/mol. The minimum absolute atomic E-state index is 0.00363. The van der Waals surface area contributed by atoms with Crippen LogP contribution in [0, 0.1) is 0 Å². The second-order valence-electron chi connectivity index (χ2n) is 7.45. The van der Waals surface area contributed by atoms with Gasteiger partial charge in [0, 0.05) is 37.9 Å². The summed E-state index contributed by atoms with van der Waals surface area (Å²) >= 11 is 1.59. The fourth-order valence-corrected chi connectivity index (χ4v) is 4.05. The molecule has 1 unspecified atom stereocenters. The van der Waals surface area contributed by atoms with E-state index in [2.05, 4.69) is 9.88 Å². The van der Waals surface area contributed by atoms with Gasteiger partial charge in [0.25, 0.3) is 5.91 Å². The van der Waals surface area contributed by atoms with Crippen molar-refractivity contribution in [2.24, 2.45) is 7.05 Å². The number of nitrogens with zero attached hydrogens (tertiary/aromatic N) is 4. The van der Waals surface area contributed by atoms with Crippen LogP contribution in [-0.4, -0.2) is 82.7 Å². The van der Waals surface area contributed by atoms with Gasteiger partial charge in [0.2, 0.25) is 0 Å². The molecule has 2 aliphatic heterocycles. The number of amides is 1. The lowest BCUT2D eigenvalue weighted by Crippen LogP contribution is -2.60. The van der Waals surface area contributed by atoms with E-state index in [0.717, 1.165) is 24.6 Å². The maximum absolute atomic E-state index is 12.3. The lowest BCUT2D eigenvalue weighted by molar-refractivity contribution is -0.192. The summed E-state index contributed by atoms with van der Waals surface area (Å²) in [5.74, 6) is -1.74. The summed E-state index contributed by atoms with van der Waals surface area (Å²) in [6.45, 7) is 4.04. The van der Waals surface area contributed by atoms with Crippen molar-refractivity contribution >= 4 is 28.9 Å². The predicted molar refractivity (Wildman–Crippen MR) is 108 cm³/mol. The molecule has 4 heterocycles. The Morgan fingerprint density at radius 3 is 2.72 bits per heavy atom. The summed E-state index contributed by atoms with van der Waals surface area (Å²) < 4.78 is 45.6. The number of hydrogen-bond acceptors (Lipinski definition) is 7. The molecule has 32 heavy (non-hydrogen) atoms.